The Bertz CT molecular complexity index is 258. The maximum Gasteiger partial charge on any atom is 0.165 e. The van der Waals surface area contributed by atoms with E-state index in [1.54, 1.807) is 12.3 Å². The number of allylic oxidation sites excluding steroid dienone is 2. The summed E-state index contributed by atoms with van der Waals surface area (Å²) >= 11 is 2.22. The number of ketones is 1. The van der Waals surface area contributed by atoms with E-state index >= 15 is 0 Å². The van der Waals surface area contributed by atoms with Crippen LogP contribution in [0.2, 0.25) is 0 Å². The van der Waals surface area contributed by atoms with Crippen LogP contribution in [0.15, 0.2) is 24.0 Å². The molecule has 0 spiro atoms. The molecule has 1 aliphatic rings. The van der Waals surface area contributed by atoms with Crippen LogP contribution in [-0.2, 0) is 9.53 Å². The van der Waals surface area contributed by atoms with E-state index in [0.717, 1.165) is 10.0 Å². The number of rotatable bonds is 4. The van der Waals surface area contributed by atoms with Crippen molar-refractivity contribution in [2.75, 3.05) is 17.6 Å². The molecule has 0 aromatic heterocycles. The summed E-state index contributed by atoms with van der Waals surface area (Å²) in [5.74, 6) is 0.219. The molecule has 0 saturated heterocycles. The molecule has 1 rings (SSSR count). The first-order valence-corrected chi connectivity index (χ1v) is 6.00. The van der Waals surface area contributed by atoms with Crippen molar-refractivity contribution in [3.05, 3.63) is 24.0 Å². The van der Waals surface area contributed by atoms with E-state index in [9.17, 15) is 4.79 Å². The fraction of sp³-hybridized carbons (Fsp3) is 0.500. The third kappa shape index (κ3) is 3.09. The summed E-state index contributed by atoms with van der Waals surface area (Å²) in [6.07, 6.45) is 5.53. The van der Waals surface area contributed by atoms with E-state index in [2.05, 4.69) is 22.6 Å². The van der Waals surface area contributed by atoms with Gasteiger partial charge in [-0.25, -0.2) is 0 Å². The van der Waals surface area contributed by atoms with Crippen molar-refractivity contribution < 1.29 is 14.6 Å². The summed E-state index contributed by atoms with van der Waals surface area (Å²) in [5, 5.41) is 8.65. The lowest BCUT2D eigenvalue weighted by Crippen LogP contribution is -2.18. The van der Waals surface area contributed by atoms with Gasteiger partial charge in [0, 0.05) is 22.3 Å². The number of alkyl halides is 1. The lowest BCUT2D eigenvalue weighted by atomic mass is 9.95. The van der Waals surface area contributed by atoms with Gasteiger partial charge < -0.3 is 9.84 Å². The normalized spacial score (nSPS) is 19.3. The van der Waals surface area contributed by atoms with E-state index in [-0.39, 0.29) is 18.3 Å². The number of aliphatic hydroxyl groups is 1. The van der Waals surface area contributed by atoms with Gasteiger partial charge in [-0.15, -0.1) is 0 Å². The number of carbonyl (C=O) groups excluding carboxylic acids is 1. The molecule has 0 amide bonds. The molecule has 0 saturated carbocycles. The van der Waals surface area contributed by atoms with Gasteiger partial charge in [0.15, 0.2) is 5.78 Å². The molecule has 1 unspecified atom stereocenters. The highest BCUT2D eigenvalue weighted by Gasteiger charge is 2.20. The van der Waals surface area contributed by atoms with Crippen molar-refractivity contribution in [3.63, 3.8) is 0 Å². The number of carbonyl (C=O) groups is 1. The Balaban J connectivity index is 2.72. The molecule has 1 N–H and O–H groups in total. The maximum absolute atomic E-state index is 11.5. The van der Waals surface area contributed by atoms with Crippen LogP contribution in [0.1, 0.15) is 6.42 Å². The summed E-state index contributed by atoms with van der Waals surface area (Å²) in [6.45, 7) is 0.496. The number of Topliss-reactive ketones (excluding diaryl/α,β-unsaturated/α-hetero) is 1. The SMILES string of the molecule is O=C1CCOC=C1C(/C=C\CO)CI. The average Bonchev–Trinajstić information content (AvgIpc) is 2.21. The minimum absolute atomic E-state index is 0.00939. The van der Waals surface area contributed by atoms with Crippen LogP contribution in [0, 0.1) is 5.92 Å². The fourth-order valence-electron chi connectivity index (χ4n) is 1.27. The Morgan fingerprint density at radius 2 is 2.50 bits per heavy atom. The van der Waals surface area contributed by atoms with Gasteiger partial charge >= 0.3 is 0 Å². The Hall–Kier alpha value is -0.360. The summed E-state index contributed by atoms with van der Waals surface area (Å²) in [4.78, 5) is 11.5. The van der Waals surface area contributed by atoms with Gasteiger partial charge in [-0.2, -0.15) is 0 Å². The largest absolute Gasteiger partial charge is 0.500 e. The zero-order chi connectivity index (χ0) is 10.4. The molecule has 0 aliphatic carbocycles. The van der Waals surface area contributed by atoms with Crippen molar-refractivity contribution in [3.8, 4) is 0 Å². The van der Waals surface area contributed by atoms with Crippen LogP contribution < -0.4 is 0 Å². The van der Waals surface area contributed by atoms with E-state index in [1.807, 2.05) is 6.08 Å². The van der Waals surface area contributed by atoms with Crippen molar-refractivity contribution in [2.24, 2.45) is 5.92 Å². The molecule has 4 heteroatoms. The van der Waals surface area contributed by atoms with Gasteiger partial charge in [0.05, 0.1) is 19.5 Å². The number of ether oxygens (including phenoxy) is 1. The topological polar surface area (TPSA) is 46.5 Å². The van der Waals surface area contributed by atoms with Crippen molar-refractivity contribution >= 4 is 28.4 Å². The Morgan fingerprint density at radius 3 is 3.07 bits per heavy atom. The highest BCUT2D eigenvalue weighted by atomic mass is 127. The molecule has 1 heterocycles. The molecule has 78 valence electrons. The van der Waals surface area contributed by atoms with E-state index in [4.69, 9.17) is 9.84 Å². The predicted molar refractivity (Wildman–Crippen MR) is 62.3 cm³/mol. The first-order chi connectivity index (χ1) is 6.79. The molecule has 0 aromatic rings. The summed E-state index contributed by atoms with van der Waals surface area (Å²) in [5.41, 5.74) is 0.718. The molecule has 3 nitrogen and oxygen atoms in total. The average molecular weight is 308 g/mol. The summed E-state index contributed by atoms with van der Waals surface area (Å²) in [6, 6.07) is 0. The van der Waals surface area contributed by atoms with Crippen LogP contribution in [0.3, 0.4) is 0 Å². The third-order valence-electron chi connectivity index (χ3n) is 2.02. The second-order valence-corrected chi connectivity index (χ2v) is 3.87. The molecule has 1 atom stereocenters. The van der Waals surface area contributed by atoms with Crippen molar-refractivity contribution in [1.82, 2.24) is 0 Å². The number of hydrogen-bond acceptors (Lipinski definition) is 3. The monoisotopic (exact) mass is 308 g/mol. The molecular weight excluding hydrogens is 295 g/mol. The van der Waals surface area contributed by atoms with Gasteiger partial charge in [-0.05, 0) is 0 Å². The Labute approximate surface area is 97.0 Å². The Kier molecular flexibility index (Phi) is 5.17. The van der Waals surface area contributed by atoms with Crippen LogP contribution in [0.5, 0.6) is 0 Å². The first-order valence-electron chi connectivity index (χ1n) is 4.48. The van der Waals surface area contributed by atoms with Gasteiger partial charge in [0.25, 0.3) is 0 Å². The predicted octanol–water partition coefficient (Wildman–Crippen LogP) is 1.46. The van der Waals surface area contributed by atoms with Crippen molar-refractivity contribution in [1.29, 1.82) is 0 Å². The maximum atomic E-state index is 11.5. The highest BCUT2D eigenvalue weighted by Crippen LogP contribution is 2.21. The smallest absolute Gasteiger partial charge is 0.165 e. The van der Waals surface area contributed by atoms with Crippen LogP contribution >= 0.6 is 22.6 Å². The van der Waals surface area contributed by atoms with Gasteiger partial charge in [0.1, 0.15) is 0 Å². The third-order valence-corrected chi connectivity index (χ3v) is 2.97. The summed E-state index contributed by atoms with van der Waals surface area (Å²) in [7, 11) is 0. The summed E-state index contributed by atoms with van der Waals surface area (Å²) < 4.78 is 5.95. The molecule has 1 aliphatic heterocycles. The second kappa shape index (κ2) is 6.19. The van der Waals surface area contributed by atoms with Gasteiger partial charge in [-0.1, -0.05) is 34.7 Å². The lowest BCUT2D eigenvalue weighted by molar-refractivity contribution is -0.117. The molecule has 0 bridgehead atoms. The van der Waals surface area contributed by atoms with Crippen LogP contribution in [-0.4, -0.2) is 28.5 Å². The molecule has 14 heavy (non-hydrogen) atoms. The van der Waals surface area contributed by atoms with Gasteiger partial charge in [-0.3, -0.25) is 4.79 Å². The number of hydrogen-bond donors (Lipinski definition) is 1. The van der Waals surface area contributed by atoms with Gasteiger partial charge in [0.2, 0.25) is 0 Å². The molecule has 0 aromatic carbocycles. The van der Waals surface area contributed by atoms with E-state index in [0.29, 0.717) is 13.0 Å². The number of halogens is 1. The zero-order valence-electron chi connectivity index (χ0n) is 7.78. The minimum atomic E-state index is 0.00939. The van der Waals surface area contributed by atoms with Crippen LogP contribution in [0.25, 0.3) is 0 Å². The number of aliphatic hydroxyl groups excluding tert-OH is 1. The van der Waals surface area contributed by atoms with Crippen molar-refractivity contribution in [2.45, 2.75) is 6.42 Å². The fourth-order valence-corrected chi connectivity index (χ4v) is 2.04. The van der Waals surface area contributed by atoms with E-state index in [1.165, 1.54) is 0 Å². The zero-order valence-corrected chi connectivity index (χ0v) is 9.94. The molecule has 0 radical (unpaired) electrons. The second-order valence-electron chi connectivity index (χ2n) is 2.99. The lowest BCUT2D eigenvalue weighted by Gasteiger charge is -2.17. The first kappa shape index (κ1) is 11.7. The standard InChI is InChI=1S/C10H13IO3/c11-6-8(2-1-4-12)9-7-14-5-3-10(9)13/h1-2,7-8,12H,3-6H2/b2-1-. The minimum Gasteiger partial charge on any atom is -0.500 e. The highest BCUT2D eigenvalue weighted by molar-refractivity contribution is 14.1. The van der Waals surface area contributed by atoms with Crippen LogP contribution in [0.4, 0.5) is 0 Å². The van der Waals surface area contributed by atoms with E-state index < -0.39 is 0 Å². The molecule has 0 fully saturated rings. The molecular formula is C10H13IO3. The quantitative estimate of drug-likeness (QED) is 0.486. The Morgan fingerprint density at radius 1 is 1.71 bits per heavy atom.